The highest BCUT2D eigenvalue weighted by molar-refractivity contribution is 5.95. The number of benzene rings is 4. The van der Waals surface area contributed by atoms with Gasteiger partial charge in [0.25, 0.3) is 0 Å². The van der Waals surface area contributed by atoms with Crippen LogP contribution in [0, 0.1) is 0 Å². The summed E-state index contributed by atoms with van der Waals surface area (Å²) >= 11 is 0. The summed E-state index contributed by atoms with van der Waals surface area (Å²) in [5.41, 5.74) is 5.08. The second-order valence-electron chi connectivity index (χ2n) is 9.10. The van der Waals surface area contributed by atoms with Gasteiger partial charge in [0, 0.05) is 30.5 Å². The van der Waals surface area contributed by atoms with E-state index in [9.17, 15) is 9.59 Å². The molecule has 0 aliphatic heterocycles. The number of hydrogen-bond donors (Lipinski definition) is 1. The molecule has 0 fully saturated rings. The number of nitrogens with one attached hydrogen (secondary N) is 1. The Balaban J connectivity index is 0.000000158. The standard InChI is InChI=1S/C17H15NO2.C16H13NO2/c1-18-10-9-14-7-8-15(11-16(14)18)17(19)20-12-13-5-3-2-4-6-13;18-16(19-11-12-4-2-1-3-5-12)14-7-6-13-8-9-17-15(13)10-14/h2-11H,12H2,1H3;1-10,17H,11H2. The minimum atomic E-state index is -0.305. The molecular weight excluding hydrogens is 488 g/mol. The van der Waals surface area contributed by atoms with Gasteiger partial charge in [-0.15, -0.1) is 0 Å². The number of aromatic nitrogens is 2. The Kier molecular flexibility index (Phi) is 7.84. The Morgan fingerprint density at radius 1 is 0.667 bits per heavy atom. The van der Waals surface area contributed by atoms with E-state index < -0.39 is 0 Å². The number of aromatic amines is 1. The van der Waals surface area contributed by atoms with Gasteiger partial charge >= 0.3 is 11.9 Å². The van der Waals surface area contributed by atoms with Gasteiger partial charge in [0.2, 0.25) is 0 Å². The van der Waals surface area contributed by atoms with Crippen LogP contribution in [0.3, 0.4) is 0 Å². The zero-order valence-corrected chi connectivity index (χ0v) is 21.5. The van der Waals surface area contributed by atoms with Crippen molar-refractivity contribution in [1.82, 2.24) is 9.55 Å². The molecule has 2 aromatic heterocycles. The predicted molar refractivity (Wildman–Crippen MR) is 152 cm³/mol. The molecule has 6 aromatic rings. The van der Waals surface area contributed by atoms with Crippen molar-refractivity contribution in [2.24, 2.45) is 7.05 Å². The molecule has 6 nitrogen and oxygen atoms in total. The minimum Gasteiger partial charge on any atom is -0.457 e. The first-order valence-electron chi connectivity index (χ1n) is 12.6. The molecular formula is C33H28N2O4. The summed E-state index contributed by atoms with van der Waals surface area (Å²) in [4.78, 5) is 27.1. The summed E-state index contributed by atoms with van der Waals surface area (Å²) in [6.45, 7) is 0.591. The van der Waals surface area contributed by atoms with E-state index in [-0.39, 0.29) is 11.9 Å². The van der Waals surface area contributed by atoms with E-state index in [2.05, 4.69) is 4.98 Å². The van der Waals surface area contributed by atoms with Gasteiger partial charge in [-0.05, 0) is 58.3 Å². The molecule has 0 spiro atoms. The van der Waals surface area contributed by atoms with Gasteiger partial charge in [0.15, 0.2) is 0 Å². The number of esters is 2. The molecule has 0 saturated carbocycles. The molecule has 0 radical (unpaired) electrons. The van der Waals surface area contributed by atoms with Gasteiger partial charge in [-0.25, -0.2) is 9.59 Å². The number of carbonyl (C=O) groups is 2. The van der Waals surface area contributed by atoms with Crippen LogP contribution in [0.25, 0.3) is 21.8 Å². The highest BCUT2D eigenvalue weighted by atomic mass is 16.5. The van der Waals surface area contributed by atoms with Crippen LogP contribution < -0.4 is 0 Å². The number of hydrogen-bond acceptors (Lipinski definition) is 4. The largest absolute Gasteiger partial charge is 0.457 e. The predicted octanol–water partition coefficient (Wildman–Crippen LogP) is 7.06. The molecule has 6 heteroatoms. The lowest BCUT2D eigenvalue weighted by atomic mass is 10.1. The second kappa shape index (κ2) is 12.0. The molecule has 39 heavy (non-hydrogen) atoms. The maximum Gasteiger partial charge on any atom is 0.338 e. The molecule has 0 saturated heterocycles. The van der Waals surface area contributed by atoms with Crippen LogP contribution in [-0.4, -0.2) is 21.5 Å². The zero-order valence-electron chi connectivity index (χ0n) is 21.5. The van der Waals surface area contributed by atoms with E-state index in [4.69, 9.17) is 9.47 Å². The molecule has 2 heterocycles. The van der Waals surface area contributed by atoms with Crippen LogP contribution in [-0.2, 0) is 29.7 Å². The molecule has 194 valence electrons. The third-order valence-electron chi connectivity index (χ3n) is 6.34. The number of aryl methyl sites for hydroxylation is 1. The number of rotatable bonds is 6. The minimum absolute atomic E-state index is 0.294. The Morgan fingerprint density at radius 2 is 1.23 bits per heavy atom. The van der Waals surface area contributed by atoms with Crippen LogP contribution in [0.4, 0.5) is 0 Å². The summed E-state index contributed by atoms with van der Waals surface area (Å²) in [5, 5.41) is 2.20. The normalized spacial score (nSPS) is 10.6. The number of carbonyl (C=O) groups excluding carboxylic acids is 2. The van der Waals surface area contributed by atoms with Gasteiger partial charge in [-0.3, -0.25) is 0 Å². The summed E-state index contributed by atoms with van der Waals surface area (Å²) < 4.78 is 12.6. The van der Waals surface area contributed by atoms with Crippen molar-refractivity contribution in [2.45, 2.75) is 13.2 Å². The quantitative estimate of drug-likeness (QED) is 0.241. The highest BCUT2D eigenvalue weighted by Crippen LogP contribution is 2.18. The smallest absolute Gasteiger partial charge is 0.338 e. The van der Waals surface area contributed by atoms with Gasteiger partial charge in [-0.1, -0.05) is 72.8 Å². The molecule has 0 unspecified atom stereocenters. The van der Waals surface area contributed by atoms with Crippen LogP contribution in [0.15, 0.2) is 122 Å². The molecule has 0 aliphatic rings. The van der Waals surface area contributed by atoms with Crippen molar-refractivity contribution in [2.75, 3.05) is 0 Å². The van der Waals surface area contributed by atoms with Crippen molar-refractivity contribution < 1.29 is 19.1 Å². The molecule has 6 rings (SSSR count). The Hall–Kier alpha value is -5.10. The summed E-state index contributed by atoms with van der Waals surface area (Å²) in [6.07, 6.45) is 3.83. The maximum absolute atomic E-state index is 12.1. The fraction of sp³-hybridized carbons (Fsp3) is 0.0909. The number of fused-ring (bicyclic) bond motifs is 2. The Bertz CT molecular complexity index is 1700. The lowest BCUT2D eigenvalue weighted by Crippen LogP contribution is -2.05. The van der Waals surface area contributed by atoms with E-state index in [1.54, 1.807) is 12.1 Å². The SMILES string of the molecule is Cn1ccc2ccc(C(=O)OCc3ccccc3)cc21.O=C(OCc1ccccc1)c1ccc2cc[nH]c2c1. The third kappa shape index (κ3) is 6.43. The van der Waals surface area contributed by atoms with Crippen molar-refractivity contribution in [3.63, 3.8) is 0 Å². The zero-order chi connectivity index (χ0) is 27.0. The summed E-state index contributed by atoms with van der Waals surface area (Å²) in [5.74, 6) is -0.600. The fourth-order valence-electron chi connectivity index (χ4n) is 4.18. The Labute approximate surface area is 226 Å². The van der Waals surface area contributed by atoms with E-state index in [0.29, 0.717) is 24.3 Å². The van der Waals surface area contributed by atoms with Gasteiger partial charge < -0.3 is 19.0 Å². The van der Waals surface area contributed by atoms with Crippen molar-refractivity contribution in [3.05, 3.63) is 144 Å². The highest BCUT2D eigenvalue weighted by Gasteiger charge is 2.10. The van der Waals surface area contributed by atoms with Crippen LogP contribution in [0.5, 0.6) is 0 Å². The van der Waals surface area contributed by atoms with Crippen molar-refractivity contribution >= 4 is 33.7 Å². The molecule has 4 aromatic carbocycles. The van der Waals surface area contributed by atoms with E-state index >= 15 is 0 Å². The summed E-state index contributed by atoms with van der Waals surface area (Å²) in [7, 11) is 1.96. The van der Waals surface area contributed by atoms with Crippen LogP contribution in [0.2, 0.25) is 0 Å². The average molecular weight is 517 g/mol. The molecule has 0 bridgehead atoms. The molecule has 0 amide bonds. The first kappa shape index (κ1) is 25.5. The van der Waals surface area contributed by atoms with Gasteiger partial charge in [-0.2, -0.15) is 0 Å². The van der Waals surface area contributed by atoms with Gasteiger partial charge in [0.05, 0.1) is 11.1 Å². The van der Waals surface area contributed by atoms with E-state index in [1.165, 1.54) is 0 Å². The maximum atomic E-state index is 12.1. The lowest BCUT2D eigenvalue weighted by Gasteiger charge is -2.05. The molecule has 0 atom stereocenters. The monoisotopic (exact) mass is 516 g/mol. The Morgan fingerprint density at radius 3 is 1.85 bits per heavy atom. The van der Waals surface area contributed by atoms with Crippen LogP contribution in [0.1, 0.15) is 31.8 Å². The van der Waals surface area contributed by atoms with E-state index in [0.717, 1.165) is 32.9 Å². The average Bonchev–Trinajstić information content (AvgIpc) is 3.62. The fourth-order valence-corrected chi connectivity index (χ4v) is 4.18. The van der Waals surface area contributed by atoms with Gasteiger partial charge in [0.1, 0.15) is 13.2 Å². The molecule has 1 N–H and O–H groups in total. The van der Waals surface area contributed by atoms with Crippen molar-refractivity contribution in [3.8, 4) is 0 Å². The topological polar surface area (TPSA) is 73.3 Å². The number of ether oxygens (including phenoxy) is 2. The number of H-pyrrole nitrogens is 1. The first-order chi connectivity index (χ1) is 19.1. The number of nitrogens with zero attached hydrogens (tertiary/aromatic N) is 1. The van der Waals surface area contributed by atoms with Crippen LogP contribution >= 0.6 is 0 Å². The lowest BCUT2D eigenvalue weighted by molar-refractivity contribution is 0.0464. The van der Waals surface area contributed by atoms with Crippen molar-refractivity contribution in [1.29, 1.82) is 0 Å². The first-order valence-corrected chi connectivity index (χ1v) is 12.6. The second-order valence-corrected chi connectivity index (χ2v) is 9.10. The molecule has 0 aliphatic carbocycles. The summed E-state index contributed by atoms with van der Waals surface area (Å²) in [6, 6.07) is 34.4. The van der Waals surface area contributed by atoms with E-state index in [1.807, 2.05) is 121 Å². The third-order valence-corrected chi connectivity index (χ3v) is 6.34.